The van der Waals surface area contributed by atoms with E-state index in [2.05, 4.69) is 10.1 Å². The van der Waals surface area contributed by atoms with E-state index in [1.54, 1.807) is 6.07 Å². The number of hydrogen-bond donors (Lipinski definition) is 1. The van der Waals surface area contributed by atoms with Crippen LogP contribution >= 0.6 is 11.8 Å². The second-order valence-corrected chi connectivity index (χ2v) is 9.52. The first-order valence-electron chi connectivity index (χ1n) is 9.29. The van der Waals surface area contributed by atoms with E-state index in [1.165, 1.54) is 42.1 Å². The van der Waals surface area contributed by atoms with Crippen molar-refractivity contribution in [3.63, 3.8) is 0 Å². The number of carbonyl (C=O) groups is 1. The quantitative estimate of drug-likeness (QED) is 0.527. The summed E-state index contributed by atoms with van der Waals surface area (Å²) < 4.78 is 32.9. The molecule has 0 atom stereocenters. The van der Waals surface area contributed by atoms with Gasteiger partial charge in [-0.2, -0.15) is 23.5 Å². The SMILES string of the molecule is COc1cc(/C=C2/C(=N)N3N=C(c4cccc(C)c4)SC3=NC2=O)ccc1OS(C)(=O)=O. The van der Waals surface area contributed by atoms with E-state index < -0.39 is 16.0 Å². The zero-order valence-electron chi connectivity index (χ0n) is 17.3. The number of nitrogens with zero attached hydrogens (tertiary/aromatic N) is 3. The monoisotopic (exact) mass is 470 g/mol. The molecule has 2 aromatic rings. The van der Waals surface area contributed by atoms with Crippen LogP contribution in [0.15, 0.2) is 58.1 Å². The van der Waals surface area contributed by atoms with Crippen LogP contribution in [0.5, 0.6) is 11.5 Å². The van der Waals surface area contributed by atoms with Gasteiger partial charge < -0.3 is 8.92 Å². The zero-order valence-corrected chi connectivity index (χ0v) is 19.0. The van der Waals surface area contributed by atoms with Gasteiger partial charge in [0.05, 0.1) is 18.9 Å². The van der Waals surface area contributed by atoms with E-state index in [9.17, 15) is 13.2 Å². The number of thioether (sulfide) groups is 1. The molecule has 1 amide bonds. The van der Waals surface area contributed by atoms with Gasteiger partial charge in [0.2, 0.25) is 5.17 Å². The van der Waals surface area contributed by atoms with Crippen LogP contribution < -0.4 is 8.92 Å². The van der Waals surface area contributed by atoms with Crippen molar-refractivity contribution in [1.82, 2.24) is 5.01 Å². The molecule has 0 saturated heterocycles. The van der Waals surface area contributed by atoms with Gasteiger partial charge >= 0.3 is 10.1 Å². The number of rotatable bonds is 5. The highest BCUT2D eigenvalue weighted by Gasteiger charge is 2.36. The summed E-state index contributed by atoms with van der Waals surface area (Å²) in [5.41, 5.74) is 2.50. The second kappa shape index (κ2) is 8.24. The fraction of sp³-hybridized carbons (Fsp3) is 0.143. The molecule has 2 aliphatic rings. The summed E-state index contributed by atoms with van der Waals surface area (Å²) >= 11 is 1.23. The molecular weight excluding hydrogens is 452 g/mol. The van der Waals surface area contributed by atoms with Gasteiger partial charge in [-0.3, -0.25) is 10.2 Å². The van der Waals surface area contributed by atoms with Gasteiger partial charge in [0, 0.05) is 5.56 Å². The third-order valence-electron chi connectivity index (χ3n) is 4.46. The van der Waals surface area contributed by atoms with E-state index in [-0.39, 0.29) is 22.9 Å². The summed E-state index contributed by atoms with van der Waals surface area (Å²) in [6.45, 7) is 1.97. The van der Waals surface area contributed by atoms with Crippen LogP contribution in [0.4, 0.5) is 0 Å². The smallest absolute Gasteiger partial charge is 0.306 e. The number of hydrogen-bond acceptors (Lipinski definition) is 8. The molecule has 2 aromatic carbocycles. The largest absolute Gasteiger partial charge is 0.493 e. The molecule has 9 nitrogen and oxygen atoms in total. The van der Waals surface area contributed by atoms with Gasteiger partial charge in [0.1, 0.15) is 5.04 Å². The molecule has 0 radical (unpaired) electrons. The molecule has 164 valence electrons. The number of hydrazone groups is 1. The maximum absolute atomic E-state index is 12.6. The number of fused-ring (bicyclic) bond motifs is 1. The molecule has 0 aliphatic carbocycles. The molecular formula is C21H18N4O5S2. The van der Waals surface area contributed by atoms with E-state index in [0.29, 0.717) is 15.8 Å². The Balaban J connectivity index is 1.66. The second-order valence-electron chi connectivity index (χ2n) is 6.99. The van der Waals surface area contributed by atoms with Crippen molar-refractivity contribution in [2.75, 3.05) is 13.4 Å². The van der Waals surface area contributed by atoms with Crippen LogP contribution in [0.1, 0.15) is 16.7 Å². The Kier molecular flexibility index (Phi) is 5.61. The lowest BCUT2D eigenvalue weighted by Crippen LogP contribution is -2.35. The van der Waals surface area contributed by atoms with E-state index in [0.717, 1.165) is 17.4 Å². The number of aliphatic imine (C=N–C) groups is 1. The normalized spacial score (nSPS) is 17.2. The van der Waals surface area contributed by atoms with Crippen molar-refractivity contribution in [2.24, 2.45) is 10.1 Å². The average molecular weight is 471 g/mol. The highest BCUT2D eigenvalue weighted by molar-refractivity contribution is 8.27. The first-order chi connectivity index (χ1) is 15.1. The summed E-state index contributed by atoms with van der Waals surface area (Å²) in [6, 6.07) is 12.2. The summed E-state index contributed by atoms with van der Waals surface area (Å²) in [4.78, 5) is 16.7. The minimum absolute atomic E-state index is 0.0193. The van der Waals surface area contributed by atoms with Crippen LogP contribution in [0.2, 0.25) is 0 Å². The van der Waals surface area contributed by atoms with E-state index >= 15 is 0 Å². The Morgan fingerprint density at radius 1 is 1.16 bits per heavy atom. The molecule has 4 rings (SSSR count). The minimum atomic E-state index is -3.73. The van der Waals surface area contributed by atoms with Crippen molar-refractivity contribution in [2.45, 2.75) is 6.92 Å². The molecule has 0 fully saturated rings. The Morgan fingerprint density at radius 2 is 1.94 bits per heavy atom. The molecule has 0 unspecified atom stereocenters. The number of nitrogens with one attached hydrogen (secondary N) is 1. The average Bonchev–Trinajstić information content (AvgIpc) is 3.15. The molecule has 0 saturated carbocycles. The maximum atomic E-state index is 12.6. The lowest BCUT2D eigenvalue weighted by molar-refractivity contribution is -0.114. The Hall–Kier alpha value is -3.44. The lowest BCUT2D eigenvalue weighted by Gasteiger charge is -2.20. The van der Waals surface area contributed by atoms with Gasteiger partial charge in [-0.25, -0.2) is 0 Å². The topological polar surface area (TPSA) is 121 Å². The first-order valence-corrected chi connectivity index (χ1v) is 11.9. The Bertz CT molecular complexity index is 1350. The number of aryl methyl sites for hydroxylation is 1. The summed E-state index contributed by atoms with van der Waals surface area (Å²) in [6.07, 6.45) is 2.40. The predicted molar refractivity (Wildman–Crippen MR) is 124 cm³/mol. The standard InChI is InChI=1S/C21H18N4O5S2/c1-12-5-4-6-14(9-12)20-24-25-18(22)15(19(26)23-21(25)31-20)10-13-7-8-16(17(11-13)29-2)30-32(3,27)28/h4-11,22H,1-3H3/b15-10-,22-18?. The third-order valence-corrected chi connectivity index (χ3v) is 5.90. The fourth-order valence-electron chi connectivity index (χ4n) is 3.06. The number of carbonyl (C=O) groups excluding carboxylic acids is 1. The number of amidine groups is 2. The van der Waals surface area contributed by atoms with Crippen molar-refractivity contribution in [3.05, 3.63) is 64.7 Å². The van der Waals surface area contributed by atoms with E-state index in [1.807, 2.05) is 31.2 Å². The number of methoxy groups -OCH3 is 1. The van der Waals surface area contributed by atoms with Crippen molar-refractivity contribution >= 4 is 49.9 Å². The van der Waals surface area contributed by atoms with Gasteiger partial charge in [-0.15, -0.1) is 0 Å². The fourth-order valence-corrected chi connectivity index (χ4v) is 4.41. The lowest BCUT2D eigenvalue weighted by atomic mass is 10.1. The molecule has 0 bridgehead atoms. The predicted octanol–water partition coefficient (Wildman–Crippen LogP) is 3.01. The molecule has 2 heterocycles. The van der Waals surface area contributed by atoms with Gasteiger partial charge in [-0.05, 0) is 48.5 Å². The molecule has 2 aliphatic heterocycles. The summed E-state index contributed by atoms with van der Waals surface area (Å²) in [7, 11) is -2.36. The van der Waals surface area contributed by atoms with Gasteiger partial charge in [0.15, 0.2) is 17.3 Å². The maximum Gasteiger partial charge on any atom is 0.306 e. The number of ether oxygens (including phenoxy) is 1. The van der Waals surface area contributed by atoms with Gasteiger partial charge in [0.25, 0.3) is 5.91 Å². The van der Waals surface area contributed by atoms with Crippen LogP contribution in [0.25, 0.3) is 6.08 Å². The van der Waals surface area contributed by atoms with Crippen LogP contribution in [-0.2, 0) is 14.9 Å². The van der Waals surface area contributed by atoms with Crippen LogP contribution in [0.3, 0.4) is 0 Å². The van der Waals surface area contributed by atoms with Crippen molar-refractivity contribution < 1.29 is 22.1 Å². The third kappa shape index (κ3) is 4.43. The Labute approximate surface area is 189 Å². The zero-order chi connectivity index (χ0) is 23.0. The highest BCUT2D eigenvalue weighted by atomic mass is 32.2. The highest BCUT2D eigenvalue weighted by Crippen LogP contribution is 2.33. The molecule has 11 heteroatoms. The van der Waals surface area contributed by atoms with Crippen LogP contribution in [-0.4, -0.2) is 48.7 Å². The summed E-state index contributed by atoms with van der Waals surface area (Å²) in [5.74, 6) is -0.485. The number of amides is 1. The Morgan fingerprint density at radius 3 is 2.62 bits per heavy atom. The molecule has 32 heavy (non-hydrogen) atoms. The summed E-state index contributed by atoms with van der Waals surface area (Å²) in [5, 5.41) is 15.3. The first kappa shape index (κ1) is 21.8. The van der Waals surface area contributed by atoms with Gasteiger partial charge in [-0.1, -0.05) is 29.8 Å². The van der Waals surface area contributed by atoms with Crippen molar-refractivity contribution in [3.8, 4) is 11.5 Å². The van der Waals surface area contributed by atoms with Crippen molar-refractivity contribution in [1.29, 1.82) is 5.41 Å². The molecule has 0 spiro atoms. The molecule has 1 N–H and O–H groups in total. The van der Waals surface area contributed by atoms with Crippen LogP contribution in [0, 0.1) is 12.3 Å². The molecule has 0 aromatic heterocycles. The minimum Gasteiger partial charge on any atom is -0.493 e. The van der Waals surface area contributed by atoms with E-state index in [4.69, 9.17) is 14.3 Å². The number of benzene rings is 2.